The molecule has 2 fully saturated rings. The van der Waals surface area contributed by atoms with Gasteiger partial charge in [-0.3, -0.25) is 9.89 Å². The molecule has 0 spiro atoms. The normalized spacial score (nSPS) is 19.2. The number of piperazine rings is 1. The fraction of sp³-hybridized carbons (Fsp3) is 0.517. The number of anilines is 1. The van der Waals surface area contributed by atoms with E-state index in [0.29, 0.717) is 5.92 Å². The smallest absolute Gasteiger partial charge is 0.137 e. The van der Waals surface area contributed by atoms with E-state index < -0.39 is 0 Å². The lowest BCUT2D eigenvalue weighted by Gasteiger charge is -2.37. The molecular formula is C29H39N5. The molecule has 5 nitrogen and oxygen atoms in total. The molecule has 1 aromatic carbocycles. The highest BCUT2D eigenvalue weighted by molar-refractivity contribution is 6.13. The minimum absolute atomic E-state index is 0.687. The predicted octanol–water partition coefficient (Wildman–Crippen LogP) is 5.13. The topological polar surface area (TPSA) is 35.0 Å². The van der Waals surface area contributed by atoms with Crippen LogP contribution >= 0.6 is 0 Å². The standard InChI is InChI=1S/C29H39N5/c1-5-22-19-25(23-8-6-9-23)28-21(2)18-26(31-27(28)20-22)24-10-7-11-30-29(24)34-16-14-33(15-17-34)13-12-32(3)4/h7,10-11,19-20,23H,2,5-6,8-9,12-18H2,1,3-4H3. The van der Waals surface area contributed by atoms with Gasteiger partial charge < -0.3 is 9.80 Å². The first-order chi connectivity index (χ1) is 16.5. The molecule has 0 bridgehead atoms. The molecule has 0 unspecified atom stereocenters. The van der Waals surface area contributed by atoms with E-state index in [1.165, 1.54) is 47.1 Å². The number of aryl methyl sites for hydroxylation is 1. The molecule has 1 saturated heterocycles. The van der Waals surface area contributed by atoms with Gasteiger partial charge >= 0.3 is 0 Å². The zero-order valence-corrected chi connectivity index (χ0v) is 21.2. The first kappa shape index (κ1) is 23.3. The van der Waals surface area contributed by atoms with E-state index in [-0.39, 0.29) is 0 Å². The Labute approximate surface area is 205 Å². The Bertz CT molecular complexity index is 1070. The summed E-state index contributed by atoms with van der Waals surface area (Å²) in [6, 6.07) is 8.98. The van der Waals surface area contributed by atoms with Crippen LogP contribution in [0.1, 0.15) is 60.8 Å². The summed E-state index contributed by atoms with van der Waals surface area (Å²) in [6.45, 7) is 13.2. The lowest BCUT2D eigenvalue weighted by Crippen LogP contribution is -2.48. The number of hydrogen-bond acceptors (Lipinski definition) is 5. The summed E-state index contributed by atoms with van der Waals surface area (Å²) < 4.78 is 0. The average molecular weight is 458 g/mol. The van der Waals surface area contributed by atoms with Crippen LogP contribution in [0, 0.1) is 0 Å². The highest BCUT2D eigenvalue weighted by atomic mass is 15.3. The summed E-state index contributed by atoms with van der Waals surface area (Å²) in [7, 11) is 4.29. The molecule has 5 heteroatoms. The van der Waals surface area contributed by atoms with E-state index in [4.69, 9.17) is 9.98 Å². The fourth-order valence-electron chi connectivity index (χ4n) is 5.46. The van der Waals surface area contributed by atoms with Crippen molar-refractivity contribution in [2.24, 2.45) is 4.99 Å². The number of likely N-dealkylation sites (N-methyl/N-ethyl adjacent to an activating group) is 1. The Kier molecular flexibility index (Phi) is 6.84. The maximum absolute atomic E-state index is 5.27. The second-order valence-corrected chi connectivity index (χ2v) is 10.4. The highest BCUT2D eigenvalue weighted by Crippen LogP contribution is 2.46. The third-order valence-corrected chi connectivity index (χ3v) is 7.78. The molecule has 3 aliphatic rings. The second-order valence-electron chi connectivity index (χ2n) is 10.4. The van der Waals surface area contributed by atoms with Gasteiger partial charge in [-0.15, -0.1) is 0 Å². The molecule has 180 valence electrons. The number of rotatable bonds is 7. The average Bonchev–Trinajstić information content (AvgIpc) is 2.81. The second kappa shape index (κ2) is 10.0. The van der Waals surface area contributed by atoms with E-state index in [9.17, 15) is 0 Å². The molecule has 5 rings (SSSR count). The number of fused-ring (bicyclic) bond motifs is 1. The van der Waals surface area contributed by atoms with Crippen molar-refractivity contribution in [2.75, 3.05) is 58.3 Å². The van der Waals surface area contributed by atoms with Crippen molar-refractivity contribution in [1.82, 2.24) is 14.8 Å². The van der Waals surface area contributed by atoms with Gasteiger partial charge in [0.2, 0.25) is 0 Å². The van der Waals surface area contributed by atoms with Crippen molar-refractivity contribution in [3.63, 3.8) is 0 Å². The van der Waals surface area contributed by atoms with Gasteiger partial charge in [-0.2, -0.15) is 0 Å². The third-order valence-electron chi connectivity index (χ3n) is 7.78. The van der Waals surface area contributed by atoms with Crippen LogP contribution in [0.15, 0.2) is 42.0 Å². The summed E-state index contributed by atoms with van der Waals surface area (Å²) in [6.07, 6.45) is 7.72. The van der Waals surface area contributed by atoms with Crippen molar-refractivity contribution < 1.29 is 0 Å². The molecule has 2 aliphatic heterocycles. The van der Waals surface area contributed by atoms with E-state index in [0.717, 1.165) is 69.3 Å². The van der Waals surface area contributed by atoms with Crippen LogP contribution in [0.25, 0.3) is 5.57 Å². The van der Waals surface area contributed by atoms with Crippen LogP contribution in [0.5, 0.6) is 0 Å². The summed E-state index contributed by atoms with van der Waals surface area (Å²) in [4.78, 5) is 17.4. The lowest BCUT2D eigenvalue weighted by atomic mass is 9.75. The number of pyridine rings is 1. The number of benzene rings is 1. The van der Waals surface area contributed by atoms with Crippen LogP contribution in [-0.2, 0) is 6.42 Å². The van der Waals surface area contributed by atoms with Crippen LogP contribution < -0.4 is 4.90 Å². The Balaban J connectivity index is 1.43. The van der Waals surface area contributed by atoms with Gasteiger partial charge in [-0.25, -0.2) is 4.98 Å². The molecule has 0 atom stereocenters. The number of aromatic nitrogens is 1. The third kappa shape index (κ3) is 4.69. The molecule has 3 heterocycles. The molecule has 1 saturated carbocycles. The number of hydrogen-bond donors (Lipinski definition) is 0. The van der Waals surface area contributed by atoms with Gasteiger partial charge in [0, 0.05) is 63.0 Å². The molecule has 1 aliphatic carbocycles. The van der Waals surface area contributed by atoms with Crippen LogP contribution in [0.4, 0.5) is 11.5 Å². The molecule has 0 amide bonds. The predicted molar refractivity (Wildman–Crippen MR) is 144 cm³/mol. The maximum Gasteiger partial charge on any atom is 0.137 e. The number of nitrogens with zero attached hydrogens (tertiary/aromatic N) is 5. The molecule has 1 aromatic heterocycles. The Morgan fingerprint density at radius 3 is 2.59 bits per heavy atom. The van der Waals surface area contributed by atoms with Crippen molar-refractivity contribution in [2.45, 2.75) is 44.9 Å². The molecule has 0 N–H and O–H groups in total. The minimum atomic E-state index is 0.687. The summed E-state index contributed by atoms with van der Waals surface area (Å²) in [5.74, 6) is 1.77. The highest BCUT2D eigenvalue weighted by Gasteiger charge is 2.29. The number of allylic oxidation sites excluding steroid dienone is 1. The van der Waals surface area contributed by atoms with Gasteiger partial charge in [0.1, 0.15) is 5.82 Å². The van der Waals surface area contributed by atoms with Crippen molar-refractivity contribution in [1.29, 1.82) is 0 Å². The number of aliphatic imine (C=N–C) groups is 1. The monoisotopic (exact) mass is 457 g/mol. The zero-order valence-electron chi connectivity index (χ0n) is 21.2. The van der Waals surface area contributed by atoms with Gasteiger partial charge in [-0.05, 0) is 74.2 Å². The summed E-state index contributed by atoms with van der Waals surface area (Å²) in [5.41, 5.74) is 8.83. The van der Waals surface area contributed by atoms with Crippen LogP contribution in [0.3, 0.4) is 0 Å². The summed E-state index contributed by atoms with van der Waals surface area (Å²) >= 11 is 0. The van der Waals surface area contributed by atoms with Gasteiger partial charge in [0.25, 0.3) is 0 Å². The van der Waals surface area contributed by atoms with Crippen molar-refractivity contribution in [3.8, 4) is 0 Å². The van der Waals surface area contributed by atoms with Crippen molar-refractivity contribution in [3.05, 3.63) is 59.3 Å². The van der Waals surface area contributed by atoms with Crippen molar-refractivity contribution >= 4 is 22.8 Å². The van der Waals surface area contributed by atoms with Gasteiger partial charge in [-0.1, -0.05) is 26.0 Å². The molecule has 0 radical (unpaired) electrons. The molecule has 34 heavy (non-hydrogen) atoms. The van der Waals surface area contributed by atoms with Crippen LogP contribution in [0.2, 0.25) is 0 Å². The lowest BCUT2D eigenvalue weighted by molar-refractivity contribution is 0.229. The molecule has 2 aromatic rings. The molecular weight excluding hydrogens is 418 g/mol. The first-order valence-corrected chi connectivity index (χ1v) is 13.0. The SMILES string of the molecule is C=C1CC(c2cccnc2N2CCN(CCN(C)C)CC2)=Nc2cc(CC)cc(C3CCC3)c21. The first-order valence-electron chi connectivity index (χ1n) is 13.0. The van der Waals surface area contributed by atoms with Crippen LogP contribution in [-0.4, -0.2) is 73.9 Å². The fourth-order valence-corrected chi connectivity index (χ4v) is 5.46. The maximum atomic E-state index is 5.27. The van der Waals surface area contributed by atoms with Gasteiger partial charge in [0.05, 0.1) is 11.4 Å². The van der Waals surface area contributed by atoms with Gasteiger partial charge in [0.15, 0.2) is 0 Å². The zero-order chi connectivity index (χ0) is 23.7. The van der Waals surface area contributed by atoms with E-state index in [1.807, 2.05) is 6.20 Å². The Hall–Kier alpha value is -2.50. The Morgan fingerprint density at radius 2 is 1.91 bits per heavy atom. The minimum Gasteiger partial charge on any atom is -0.354 e. The van der Waals surface area contributed by atoms with E-state index in [2.05, 4.69) is 66.6 Å². The van der Waals surface area contributed by atoms with E-state index >= 15 is 0 Å². The Morgan fingerprint density at radius 1 is 1.12 bits per heavy atom. The summed E-state index contributed by atoms with van der Waals surface area (Å²) in [5, 5.41) is 0. The van der Waals surface area contributed by atoms with E-state index in [1.54, 1.807) is 0 Å². The largest absolute Gasteiger partial charge is 0.354 e. The quantitative estimate of drug-likeness (QED) is 0.577.